The van der Waals surface area contributed by atoms with Gasteiger partial charge in [-0.05, 0) is 49.6 Å². The first-order chi connectivity index (χ1) is 18.4. The maximum atomic E-state index is 13.8. The van der Waals surface area contributed by atoms with Crippen LogP contribution < -0.4 is 10.2 Å². The number of benzene rings is 2. The van der Waals surface area contributed by atoms with E-state index in [0.29, 0.717) is 22.1 Å². The minimum Gasteiger partial charge on any atom is -0.405 e. The molecule has 198 valence electrons. The fourth-order valence-electron chi connectivity index (χ4n) is 5.03. The third-order valence-electron chi connectivity index (χ3n) is 6.95. The van der Waals surface area contributed by atoms with E-state index in [-0.39, 0.29) is 33.5 Å². The number of nitriles is 1. The molecule has 3 aromatic heterocycles. The van der Waals surface area contributed by atoms with Crippen LogP contribution in [0.3, 0.4) is 0 Å². The number of fused-ring (bicyclic) bond motifs is 4. The lowest BCUT2D eigenvalue weighted by molar-refractivity contribution is -0.274. The normalized spacial score (nSPS) is 14.5. The Labute approximate surface area is 217 Å². The molecule has 39 heavy (non-hydrogen) atoms. The number of H-pyrrole nitrogens is 1. The van der Waals surface area contributed by atoms with Crippen LogP contribution in [-0.2, 0) is 10.2 Å². The summed E-state index contributed by atoms with van der Waals surface area (Å²) in [4.78, 5) is 19.8. The number of pyridine rings is 2. The van der Waals surface area contributed by atoms with E-state index in [2.05, 4.69) is 14.7 Å². The van der Waals surface area contributed by atoms with Gasteiger partial charge in [-0.2, -0.15) is 13.7 Å². The number of rotatable bonds is 4. The first-order valence-electron chi connectivity index (χ1n) is 11.7. The molecule has 0 atom stereocenters. The van der Waals surface area contributed by atoms with Crippen molar-refractivity contribution in [3.05, 3.63) is 64.6 Å². The predicted molar refractivity (Wildman–Crippen MR) is 133 cm³/mol. The Hall–Kier alpha value is -4.44. The van der Waals surface area contributed by atoms with Crippen molar-refractivity contribution in [3.8, 4) is 22.9 Å². The summed E-state index contributed by atoms with van der Waals surface area (Å²) in [5, 5.41) is 10.0. The molecular weight excluding hydrogens is 540 g/mol. The molecule has 0 unspecified atom stereocenters. The summed E-state index contributed by atoms with van der Waals surface area (Å²) >= 11 is 0. The zero-order valence-corrected chi connectivity index (χ0v) is 20.5. The highest BCUT2D eigenvalue weighted by atomic mass is 32.3. The van der Waals surface area contributed by atoms with Gasteiger partial charge in [0, 0.05) is 40.5 Å². The molecule has 2 aromatic carbocycles. The summed E-state index contributed by atoms with van der Waals surface area (Å²) in [6.07, 6.45) is -0.932. The van der Waals surface area contributed by atoms with Crippen LogP contribution in [0.1, 0.15) is 30.9 Å². The van der Waals surface area contributed by atoms with Crippen LogP contribution in [0.4, 0.5) is 17.1 Å². The van der Waals surface area contributed by atoms with Crippen molar-refractivity contribution < 1.29 is 30.2 Å². The molecule has 0 saturated heterocycles. The molecule has 1 aliphatic rings. The van der Waals surface area contributed by atoms with E-state index in [1.807, 2.05) is 10.6 Å². The number of hydrogen-bond acceptors (Lipinski definition) is 6. The average molecular weight is 556 g/mol. The van der Waals surface area contributed by atoms with Crippen LogP contribution in [-0.4, -0.2) is 29.3 Å². The Balaban J connectivity index is 1.75. The third kappa shape index (κ3) is 4.17. The molecule has 13 heteroatoms. The van der Waals surface area contributed by atoms with Gasteiger partial charge in [-0.25, -0.2) is 0 Å². The number of hydrogen-bond donors (Lipinski definition) is 1. The van der Waals surface area contributed by atoms with Crippen LogP contribution in [0.2, 0.25) is 0 Å². The molecule has 8 nitrogen and oxygen atoms in total. The largest absolute Gasteiger partial charge is 0.573 e. The quantitative estimate of drug-likeness (QED) is 0.219. The van der Waals surface area contributed by atoms with E-state index >= 15 is 0 Å². The molecule has 0 aliphatic heterocycles. The zero-order valence-electron chi connectivity index (χ0n) is 19.7. The lowest BCUT2D eigenvalue weighted by Gasteiger charge is -2.31. The Morgan fingerprint density at radius 3 is 2.51 bits per heavy atom. The number of nitrogens with zero attached hydrogens (tertiary/aromatic N) is 3. The van der Waals surface area contributed by atoms with Crippen molar-refractivity contribution in [2.24, 2.45) is 0 Å². The molecule has 1 saturated carbocycles. The molecule has 5 aromatic rings. The van der Waals surface area contributed by atoms with Crippen LogP contribution in [0.5, 0.6) is 5.75 Å². The Bertz CT molecular complexity index is 2040. The van der Waals surface area contributed by atoms with Gasteiger partial charge in [-0.1, -0.05) is 6.07 Å². The van der Waals surface area contributed by atoms with Gasteiger partial charge < -0.3 is 14.3 Å². The second-order valence-corrected chi connectivity index (χ2v) is 10.6. The number of nitrogens with one attached hydrogen (secondary N) is 1. The Morgan fingerprint density at radius 2 is 1.87 bits per heavy atom. The van der Waals surface area contributed by atoms with E-state index in [4.69, 9.17) is 0 Å². The average Bonchev–Trinajstić information content (AvgIpc) is 3.22. The van der Waals surface area contributed by atoms with Gasteiger partial charge in [0.15, 0.2) is 5.43 Å². The molecule has 0 radical (unpaired) electrons. The topological polar surface area (TPSA) is 118 Å². The second kappa shape index (κ2) is 8.54. The van der Waals surface area contributed by atoms with E-state index in [0.717, 1.165) is 43.8 Å². The monoisotopic (exact) mass is 556 g/mol. The number of aromatic nitrogens is 3. The zero-order chi connectivity index (χ0) is 27.7. The molecule has 0 spiro atoms. The number of halogens is 4. The van der Waals surface area contributed by atoms with Crippen LogP contribution in [0.15, 0.2) is 58.5 Å². The van der Waals surface area contributed by atoms with E-state index in [1.54, 1.807) is 18.2 Å². The summed E-state index contributed by atoms with van der Waals surface area (Å²) in [6, 6.07) is 9.81. The summed E-state index contributed by atoms with van der Waals surface area (Å²) < 4.78 is 83.1. The van der Waals surface area contributed by atoms with Crippen LogP contribution >= 0.6 is 0 Å². The van der Waals surface area contributed by atoms with Crippen molar-refractivity contribution in [1.29, 1.82) is 5.26 Å². The third-order valence-corrected chi connectivity index (χ3v) is 7.74. The fourth-order valence-corrected chi connectivity index (χ4v) is 5.48. The van der Waals surface area contributed by atoms with Crippen molar-refractivity contribution in [3.63, 3.8) is 0 Å². The molecule has 1 fully saturated rings. The molecule has 1 N–H and O–H groups in total. The second-order valence-electron chi connectivity index (χ2n) is 9.27. The van der Waals surface area contributed by atoms with E-state index in [9.17, 15) is 35.5 Å². The summed E-state index contributed by atoms with van der Waals surface area (Å²) in [7, 11) is -5.21. The van der Waals surface area contributed by atoms with Gasteiger partial charge in [0.2, 0.25) is 0 Å². The van der Waals surface area contributed by atoms with Gasteiger partial charge in [0.05, 0.1) is 27.9 Å². The Morgan fingerprint density at radius 1 is 1.10 bits per heavy atom. The van der Waals surface area contributed by atoms with Gasteiger partial charge >= 0.3 is 16.6 Å². The number of alkyl halides is 3. The smallest absolute Gasteiger partial charge is 0.405 e. The maximum absolute atomic E-state index is 13.8. The molecular formula is C26H16F4N4O4S. The minimum absolute atomic E-state index is 0.0510. The predicted octanol–water partition coefficient (Wildman–Crippen LogP) is 5.85. The molecule has 0 bridgehead atoms. The summed E-state index contributed by atoms with van der Waals surface area (Å²) in [6.45, 7) is 0. The molecule has 3 heterocycles. The van der Waals surface area contributed by atoms with Crippen LogP contribution in [0, 0.1) is 11.3 Å². The SMILES string of the molecule is N#Cc1ccc2c(c1)[nH]c1c2c(=O)c2cc(OC(F)(F)F)c(-c3cncc(S(=O)(=O)F)c3)cc2n1C1CCC1. The highest BCUT2D eigenvalue weighted by molar-refractivity contribution is 7.86. The van der Waals surface area contributed by atoms with Crippen molar-refractivity contribution >= 4 is 43.1 Å². The first kappa shape index (κ1) is 24.9. The fraction of sp³-hybridized carbons (Fsp3) is 0.192. The highest BCUT2D eigenvalue weighted by Gasteiger charge is 2.34. The highest BCUT2D eigenvalue weighted by Crippen LogP contribution is 2.42. The van der Waals surface area contributed by atoms with Crippen molar-refractivity contribution in [2.75, 3.05) is 0 Å². The maximum Gasteiger partial charge on any atom is 0.573 e. The Kier molecular flexibility index (Phi) is 5.44. The minimum atomic E-state index is -5.21. The standard InChI is InChI=1S/C26H16F4N4O4S/c27-26(28,29)38-22-9-19-21(8-18(22)14-7-16(12-32-11-14)39(30,36)37)34(15-2-1-3-15)25-23(24(19)35)17-5-4-13(10-31)6-20(17)33-25/h4-9,11-12,15,33H,1-3H2. The molecule has 1 aliphatic carbocycles. The number of aromatic amines is 1. The van der Waals surface area contributed by atoms with Gasteiger partial charge in [-0.3, -0.25) is 9.78 Å². The lowest BCUT2D eigenvalue weighted by Crippen LogP contribution is -2.22. The first-order valence-corrected chi connectivity index (χ1v) is 13.1. The van der Waals surface area contributed by atoms with Gasteiger partial charge in [0.25, 0.3) is 0 Å². The van der Waals surface area contributed by atoms with E-state index < -0.39 is 32.7 Å². The van der Waals surface area contributed by atoms with E-state index in [1.165, 1.54) is 6.07 Å². The summed E-state index contributed by atoms with van der Waals surface area (Å²) in [5.41, 5.74) is 0.660. The van der Waals surface area contributed by atoms with Crippen molar-refractivity contribution in [2.45, 2.75) is 36.6 Å². The number of ether oxygens (including phenoxy) is 1. The lowest BCUT2D eigenvalue weighted by atomic mass is 9.91. The van der Waals surface area contributed by atoms with Crippen molar-refractivity contribution in [1.82, 2.24) is 14.5 Å². The summed E-state index contributed by atoms with van der Waals surface area (Å²) in [5.74, 6) is -0.770. The van der Waals surface area contributed by atoms with Crippen LogP contribution in [0.25, 0.3) is 44.0 Å². The molecule has 0 amide bonds. The van der Waals surface area contributed by atoms with Gasteiger partial charge in [-0.15, -0.1) is 17.1 Å². The van der Waals surface area contributed by atoms with Gasteiger partial charge in [0.1, 0.15) is 16.3 Å². The molecule has 6 rings (SSSR count).